The van der Waals surface area contributed by atoms with Crippen molar-refractivity contribution in [3.8, 4) is 10.7 Å². The van der Waals surface area contributed by atoms with E-state index in [1.54, 1.807) is 12.3 Å². The van der Waals surface area contributed by atoms with Crippen molar-refractivity contribution < 1.29 is 19.1 Å². The fourth-order valence-electron chi connectivity index (χ4n) is 1.62. The van der Waals surface area contributed by atoms with Gasteiger partial charge in [-0.25, -0.2) is 14.8 Å². The molecule has 0 aliphatic rings. The van der Waals surface area contributed by atoms with E-state index >= 15 is 0 Å². The Hall–Kier alpha value is -1.80. The largest absolute Gasteiger partial charge is 0.465 e. The maximum Gasteiger partial charge on any atom is 0.357 e. The minimum atomic E-state index is -0.427. The van der Waals surface area contributed by atoms with Crippen LogP contribution >= 0.6 is 22.7 Å². The van der Waals surface area contributed by atoms with Crippen molar-refractivity contribution >= 4 is 34.6 Å². The highest BCUT2D eigenvalue weighted by Gasteiger charge is 2.17. The zero-order chi connectivity index (χ0) is 16.1. The van der Waals surface area contributed by atoms with Gasteiger partial charge in [0.25, 0.3) is 0 Å². The molecule has 0 aromatic carbocycles. The van der Waals surface area contributed by atoms with Crippen molar-refractivity contribution in [2.75, 3.05) is 13.2 Å². The van der Waals surface area contributed by atoms with E-state index in [4.69, 9.17) is 9.47 Å². The summed E-state index contributed by atoms with van der Waals surface area (Å²) in [6, 6.07) is 0. The van der Waals surface area contributed by atoms with Crippen molar-refractivity contribution in [2.45, 2.75) is 26.7 Å². The lowest BCUT2D eigenvalue weighted by Gasteiger charge is -2.07. The quantitative estimate of drug-likeness (QED) is 0.752. The zero-order valence-corrected chi connectivity index (χ0v) is 14.1. The van der Waals surface area contributed by atoms with Gasteiger partial charge in [0.15, 0.2) is 5.69 Å². The van der Waals surface area contributed by atoms with Gasteiger partial charge >= 0.3 is 11.9 Å². The van der Waals surface area contributed by atoms with Crippen LogP contribution in [0.15, 0.2) is 10.8 Å². The minimum absolute atomic E-state index is 0.0205. The van der Waals surface area contributed by atoms with Gasteiger partial charge in [0, 0.05) is 23.6 Å². The van der Waals surface area contributed by atoms with Gasteiger partial charge in [0.1, 0.15) is 17.3 Å². The summed E-state index contributed by atoms with van der Waals surface area (Å²) in [6.07, 6.45) is 0. The van der Waals surface area contributed by atoms with Crippen molar-refractivity contribution in [3.63, 3.8) is 0 Å². The van der Waals surface area contributed by atoms with Crippen LogP contribution in [0.25, 0.3) is 10.7 Å². The Kier molecular flexibility index (Phi) is 5.62. The molecule has 118 valence electrons. The van der Waals surface area contributed by atoms with E-state index in [-0.39, 0.29) is 11.9 Å². The second-order valence-corrected chi connectivity index (χ2v) is 6.28. The smallest absolute Gasteiger partial charge is 0.357 e. The lowest BCUT2D eigenvalue weighted by atomic mass is 10.2. The molecule has 0 saturated heterocycles. The Morgan fingerprint density at radius 3 is 2.68 bits per heavy atom. The number of hydrogen-bond acceptors (Lipinski definition) is 8. The molecule has 2 aromatic heterocycles. The summed E-state index contributed by atoms with van der Waals surface area (Å²) < 4.78 is 9.90. The van der Waals surface area contributed by atoms with E-state index in [1.807, 2.05) is 12.3 Å². The number of rotatable bonds is 6. The zero-order valence-electron chi connectivity index (χ0n) is 12.5. The van der Waals surface area contributed by atoms with E-state index in [1.165, 1.54) is 29.6 Å². The molecule has 6 nitrogen and oxygen atoms in total. The first-order valence-electron chi connectivity index (χ1n) is 6.73. The van der Waals surface area contributed by atoms with Crippen molar-refractivity contribution in [1.29, 1.82) is 0 Å². The van der Waals surface area contributed by atoms with Gasteiger partial charge in [-0.1, -0.05) is 6.92 Å². The van der Waals surface area contributed by atoms with Crippen LogP contribution in [0.5, 0.6) is 0 Å². The second kappa shape index (κ2) is 7.46. The standard InChI is InChI=1S/C14H16N2O4S2/c1-4-19-14(18)11-7-22-13(16-11)10-6-21-12(15-10)8(2)5-20-9(3)17/h6-8H,4-5H2,1-3H3/t8-/m0/s1. The summed E-state index contributed by atoms with van der Waals surface area (Å²) in [5, 5.41) is 5.08. The van der Waals surface area contributed by atoms with Crippen molar-refractivity contribution in [2.24, 2.45) is 0 Å². The monoisotopic (exact) mass is 340 g/mol. The first kappa shape index (κ1) is 16.6. The molecule has 2 heterocycles. The summed E-state index contributed by atoms with van der Waals surface area (Å²) in [6.45, 7) is 5.70. The first-order chi connectivity index (χ1) is 10.5. The van der Waals surface area contributed by atoms with Gasteiger partial charge in [-0.3, -0.25) is 4.79 Å². The number of esters is 2. The van der Waals surface area contributed by atoms with Crippen LogP contribution in [-0.4, -0.2) is 35.1 Å². The summed E-state index contributed by atoms with van der Waals surface area (Å²) in [7, 11) is 0. The average Bonchev–Trinajstić information content (AvgIpc) is 3.13. The van der Waals surface area contributed by atoms with E-state index in [0.717, 1.165) is 10.7 Å². The van der Waals surface area contributed by atoms with E-state index in [0.29, 0.717) is 23.9 Å². The number of nitrogens with zero attached hydrogens (tertiary/aromatic N) is 2. The van der Waals surface area contributed by atoms with Crippen LogP contribution in [0.4, 0.5) is 0 Å². The molecular formula is C14H16N2O4S2. The second-order valence-electron chi connectivity index (χ2n) is 4.53. The van der Waals surface area contributed by atoms with E-state index in [9.17, 15) is 9.59 Å². The summed E-state index contributed by atoms with van der Waals surface area (Å²) >= 11 is 2.83. The molecule has 0 fully saturated rings. The van der Waals surface area contributed by atoms with Crippen LogP contribution in [0.3, 0.4) is 0 Å². The molecule has 0 amide bonds. The summed E-state index contributed by atoms with van der Waals surface area (Å²) in [5.41, 5.74) is 1.01. The molecule has 0 unspecified atom stereocenters. The van der Waals surface area contributed by atoms with Crippen LogP contribution in [-0.2, 0) is 14.3 Å². The average molecular weight is 340 g/mol. The topological polar surface area (TPSA) is 78.4 Å². The number of aromatic nitrogens is 2. The number of hydrogen-bond donors (Lipinski definition) is 0. The highest BCUT2D eigenvalue weighted by molar-refractivity contribution is 7.14. The van der Waals surface area contributed by atoms with Crippen LogP contribution < -0.4 is 0 Å². The molecule has 0 aliphatic heterocycles. The van der Waals surface area contributed by atoms with Crippen LogP contribution in [0.2, 0.25) is 0 Å². The Balaban J connectivity index is 2.08. The highest BCUT2D eigenvalue weighted by atomic mass is 32.1. The number of carbonyl (C=O) groups excluding carboxylic acids is 2. The van der Waals surface area contributed by atoms with Gasteiger partial charge in [-0.15, -0.1) is 22.7 Å². The molecule has 0 spiro atoms. The van der Waals surface area contributed by atoms with E-state index < -0.39 is 5.97 Å². The predicted molar refractivity (Wildman–Crippen MR) is 84.2 cm³/mol. The lowest BCUT2D eigenvalue weighted by molar-refractivity contribution is -0.141. The Morgan fingerprint density at radius 2 is 2.00 bits per heavy atom. The van der Waals surface area contributed by atoms with Crippen LogP contribution in [0.1, 0.15) is 42.2 Å². The summed E-state index contributed by atoms with van der Waals surface area (Å²) in [5.74, 6) is -0.710. The third kappa shape index (κ3) is 4.11. The van der Waals surface area contributed by atoms with Crippen LogP contribution in [0, 0.1) is 0 Å². The highest BCUT2D eigenvalue weighted by Crippen LogP contribution is 2.29. The molecule has 2 aromatic rings. The van der Waals surface area contributed by atoms with Gasteiger partial charge in [-0.05, 0) is 6.92 Å². The van der Waals surface area contributed by atoms with Crippen molar-refractivity contribution in [1.82, 2.24) is 9.97 Å². The van der Waals surface area contributed by atoms with Gasteiger partial charge in [0.05, 0.1) is 11.6 Å². The minimum Gasteiger partial charge on any atom is -0.465 e. The summed E-state index contributed by atoms with van der Waals surface area (Å²) in [4.78, 5) is 31.2. The van der Waals surface area contributed by atoms with Gasteiger partial charge in [0.2, 0.25) is 0 Å². The Morgan fingerprint density at radius 1 is 1.23 bits per heavy atom. The fourth-order valence-corrected chi connectivity index (χ4v) is 3.29. The molecule has 0 N–H and O–H groups in total. The fraction of sp³-hybridized carbons (Fsp3) is 0.429. The van der Waals surface area contributed by atoms with Gasteiger partial charge in [-0.2, -0.15) is 0 Å². The number of ether oxygens (including phenoxy) is 2. The first-order valence-corrected chi connectivity index (χ1v) is 8.49. The maximum absolute atomic E-state index is 11.6. The van der Waals surface area contributed by atoms with E-state index in [2.05, 4.69) is 9.97 Å². The normalized spacial score (nSPS) is 12.0. The lowest BCUT2D eigenvalue weighted by Crippen LogP contribution is -2.07. The molecule has 8 heteroatoms. The van der Waals surface area contributed by atoms with Crippen molar-refractivity contribution in [3.05, 3.63) is 21.5 Å². The molecule has 1 atom stereocenters. The maximum atomic E-state index is 11.6. The Labute approximate surface area is 136 Å². The molecule has 22 heavy (non-hydrogen) atoms. The third-order valence-corrected chi connectivity index (χ3v) is 4.63. The number of carbonyl (C=O) groups is 2. The molecule has 0 saturated carbocycles. The molecule has 2 rings (SSSR count). The molecule has 0 aliphatic carbocycles. The molecular weight excluding hydrogens is 324 g/mol. The molecule has 0 bridgehead atoms. The predicted octanol–water partition coefficient (Wildman–Crippen LogP) is 3.11. The molecule has 0 radical (unpaired) electrons. The SMILES string of the molecule is CCOC(=O)c1csc(-c2csc([C@@H](C)COC(C)=O)n2)n1. The van der Waals surface area contributed by atoms with Gasteiger partial charge < -0.3 is 9.47 Å². The Bertz CT molecular complexity index is 665. The third-order valence-electron chi connectivity index (χ3n) is 2.69. The number of thiazole rings is 2.